The van der Waals surface area contributed by atoms with Gasteiger partial charge in [0.05, 0.1) is 0 Å². The van der Waals surface area contributed by atoms with Crippen molar-refractivity contribution in [2.24, 2.45) is 5.92 Å². The van der Waals surface area contributed by atoms with Crippen molar-refractivity contribution in [1.82, 2.24) is 5.32 Å². The molecule has 4 rings (SSSR count). The van der Waals surface area contributed by atoms with Crippen molar-refractivity contribution >= 4 is 28.3 Å². The number of anilines is 1. The van der Waals surface area contributed by atoms with Crippen molar-refractivity contribution in [3.8, 4) is 0 Å². The molecular weight excluding hydrogens is 394 g/mol. The zero-order valence-corrected chi connectivity index (χ0v) is 17.4. The number of hydrogen-bond acceptors (Lipinski definition) is 4. The van der Waals surface area contributed by atoms with Gasteiger partial charge in [0.15, 0.2) is 0 Å². The van der Waals surface area contributed by atoms with E-state index in [4.69, 9.17) is 4.74 Å². The zero-order chi connectivity index (χ0) is 21.8. The third-order valence-corrected chi connectivity index (χ3v) is 5.72. The highest BCUT2D eigenvalue weighted by Gasteiger charge is 2.27. The summed E-state index contributed by atoms with van der Waals surface area (Å²) in [7, 11) is 0. The van der Waals surface area contributed by atoms with Gasteiger partial charge in [-0.2, -0.15) is 0 Å². The van der Waals surface area contributed by atoms with E-state index in [0.29, 0.717) is 31.2 Å². The average molecular weight is 420 g/mol. The van der Waals surface area contributed by atoms with E-state index < -0.39 is 5.91 Å². The van der Waals surface area contributed by atoms with Crippen molar-refractivity contribution in [3.63, 3.8) is 0 Å². The highest BCUT2D eigenvalue weighted by molar-refractivity contribution is 6.14. The SMILES string of the molecule is Cc1ccc(C(=O)Nc2ccc[n+](O)c2C(=O)NCC2CCOCC2)c2ccccc12. The van der Waals surface area contributed by atoms with Crippen molar-refractivity contribution < 1.29 is 24.3 Å². The van der Waals surface area contributed by atoms with Crippen LogP contribution in [0.2, 0.25) is 0 Å². The maximum atomic E-state index is 13.1. The maximum Gasteiger partial charge on any atom is 0.344 e. The van der Waals surface area contributed by atoms with Crippen LogP contribution in [0.1, 0.15) is 39.3 Å². The number of hydrogen-bond donors (Lipinski definition) is 3. The Kier molecular flexibility index (Phi) is 6.13. The molecule has 3 aromatic rings. The Bertz CT molecular complexity index is 1120. The topological polar surface area (TPSA) is 91.5 Å². The predicted octanol–water partition coefficient (Wildman–Crippen LogP) is 3.08. The molecule has 1 fully saturated rings. The van der Waals surface area contributed by atoms with E-state index in [-0.39, 0.29) is 17.3 Å². The normalized spacial score (nSPS) is 14.4. The van der Waals surface area contributed by atoms with Gasteiger partial charge in [-0.05, 0) is 54.2 Å². The second kappa shape index (κ2) is 9.14. The zero-order valence-electron chi connectivity index (χ0n) is 17.4. The molecule has 0 aliphatic carbocycles. The first-order chi connectivity index (χ1) is 15.0. The molecule has 1 aliphatic rings. The maximum absolute atomic E-state index is 13.1. The molecule has 0 bridgehead atoms. The second-order valence-electron chi connectivity index (χ2n) is 7.81. The Morgan fingerprint density at radius 2 is 1.77 bits per heavy atom. The summed E-state index contributed by atoms with van der Waals surface area (Å²) in [6, 6.07) is 14.5. The Balaban J connectivity index is 1.57. The first-order valence-corrected chi connectivity index (χ1v) is 10.4. The number of carbonyl (C=O) groups is 2. The summed E-state index contributed by atoms with van der Waals surface area (Å²) in [6.45, 7) is 3.87. The van der Waals surface area contributed by atoms with Crippen LogP contribution >= 0.6 is 0 Å². The van der Waals surface area contributed by atoms with Gasteiger partial charge in [-0.25, -0.2) is 0 Å². The van der Waals surface area contributed by atoms with Crippen LogP contribution in [0.4, 0.5) is 5.69 Å². The summed E-state index contributed by atoms with van der Waals surface area (Å²) in [4.78, 5) is 25.9. The van der Waals surface area contributed by atoms with Crippen LogP contribution in [0.25, 0.3) is 10.8 Å². The number of aryl methyl sites for hydroxylation is 1. The number of amides is 2. The van der Waals surface area contributed by atoms with E-state index >= 15 is 0 Å². The van der Waals surface area contributed by atoms with E-state index in [0.717, 1.165) is 33.9 Å². The van der Waals surface area contributed by atoms with Gasteiger partial charge in [0.1, 0.15) is 5.69 Å². The number of ether oxygens (including phenoxy) is 1. The Morgan fingerprint density at radius 1 is 1.03 bits per heavy atom. The van der Waals surface area contributed by atoms with Gasteiger partial charge in [0.2, 0.25) is 6.20 Å². The number of benzene rings is 2. The lowest BCUT2D eigenvalue weighted by Crippen LogP contribution is -2.44. The van der Waals surface area contributed by atoms with Crippen LogP contribution in [-0.2, 0) is 4.74 Å². The minimum Gasteiger partial charge on any atom is -0.381 e. The third-order valence-electron chi connectivity index (χ3n) is 5.72. The van der Waals surface area contributed by atoms with E-state index in [2.05, 4.69) is 10.6 Å². The number of rotatable bonds is 5. The van der Waals surface area contributed by atoms with Gasteiger partial charge >= 0.3 is 11.6 Å². The second-order valence-corrected chi connectivity index (χ2v) is 7.81. The molecule has 0 saturated carbocycles. The lowest BCUT2D eigenvalue weighted by molar-refractivity contribution is -0.905. The molecule has 1 saturated heterocycles. The number of aromatic nitrogens is 1. The Morgan fingerprint density at radius 3 is 2.55 bits per heavy atom. The van der Waals surface area contributed by atoms with E-state index in [1.807, 2.05) is 37.3 Å². The number of fused-ring (bicyclic) bond motifs is 1. The molecule has 7 heteroatoms. The average Bonchev–Trinajstić information content (AvgIpc) is 2.78. The van der Waals surface area contributed by atoms with Crippen LogP contribution in [0, 0.1) is 12.8 Å². The molecule has 0 radical (unpaired) electrons. The number of nitrogens with one attached hydrogen (secondary N) is 2. The molecule has 1 aromatic heterocycles. The smallest absolute Gasteiger partial charge is 0.344 e. The molecule has 0 unspecified atom stereocenters. The van der Waals surface area contributed by atoms with Gasteiger partial charge in [-0.1, -0.05) is 30.3 Å². The van der Waals surface area contributed by atoms with E-state index in [9.17, 15) is 14.8 Å². The molecule has 2 amide bonds. The summed E-state index contributed by atoms with van der Waals surface area (Å²) in [6.07, 6.45) is 3.14. The summed E-state index contributed by atoms with van der Waals surface area (Å²) < 4.78 is 6.09. The van der Waals surface area contributed by atoms with Gasteiger partial charge in [-0.3, -0.25) is 14.8 Å². The number of pyridine rings is 1. The fourth-order valence-corrected chi connectivity index (χ4v) is 3.93. The van der Waals surface area contributed by atoms with Crippen LogP contribution in [-0.4, -0.2) is 36.8 Å². The van der Waals surface area contributed by atoms with Crippen molar-refractivity contribution in [2.75, 3.05) is 25.1 Å². The summed E-state index contributed by atoms with van der Waals surface area (Å²) in [5.41, 5.74) is 1.81. The fourth-order valence-electron chi connectivity index (χ4n) is 3.93. The van der Waals surface area contributed by atoms with Crippen LogP contribution in [0.5, 0.6) is 0 Å². The van der Waals surface area contributed by atoms with E-state index in [1.165, 1.54) is 6.20 Å². The summed E-state index contributed by atoms with van der Waals surface area (Å²) in [5.74, 6) is -0.454. The molecule has 1 aliphatic heterocycles. The molecule has 2 heterocycles. The minimum atomic E-state index is -0.446. The van der Waals surface area contributed by atoms with Crippen LogP contribution in [0.15, 0.2) is 54.7 Å². The first kappa shape index (κ1) is 20.8. The molecule has 31 heavy (non-hydrogen) atoms. The molecule has 0 spiro atoms. The summed E-state index contributed by atoms with van der Waals surface area (Å²) >= 11 is 0. The van der Waals surface area contributed by atoms with Gasteiger partial charge in [0.25, 0.3) is 5.91 Å². The molecule has 7 nitrogen and oxygen atoms in total. The highest BCUT2D eigenvalue weighted by Crippen LogP contribution is 2.24. The lowest BCUT2D eigenvalue weighted by atomic mass is 10.00. The highest BCUT2D eigenvalue weighted by atomic mass is 16.5. The van der Waals surface area contributed by atoms with Crippen molar-refractivity contribution in [1.29, 1.82) is 0 Å². The number of carbonyl (C=O) groups excluding carboxylic acids is 2. The monoisotopic (exact) mass is 420 g/mol. The first-order valence-electron chi connectivity index (χ1n) is 10.4. The quantitative estimate of drug-likeness (QED) is 0.437. The third kappa shape index (κ3) is 4.51. The summed E-state index contributed by atoms with van der Waals surface area (Å²) in [5, 5.41) is 17.8. The van der Waals surface area contributed by atoms with Gasteiger partial charge in [-0.15, -0.1) is 0 Å². The largest absolute Gasteiger partial charge is 0.381 e. The number of nitrogens with zero attached hydrogens (tertiary/aromatic N) is 1. The van der Waals surface area contributed by atoms with E-state index in [1.54, 1.807) is 18.2 Å². The van der Waals surface area contributed by atoms with Crippen molar-refractivity contribution in [3.05, 3.63) is 71.5 Å². The Hall–Kier alpha value is -3.45. The predicted molar refractivity (Wildman–Crippen MR) is 116 cm³/mol. The molecule has 2 aromatic carbocycles. The van der Waals surface area contributed by atoms with Crippen LogP contribution in [0.3, 0.4) is 0 Å². The van der Waals surface area contributed by atoms with Gasteiger partial charge in [0, 0.05) is 36.1 Å². The molecule has 160 valence electrons. The molecule has 0 atom stereocenters. The van der Waals surface area contributed by atoms with Gasteiger partial charge < -0.3 is 15.4 Å². The fraction of sp³-hybridized carbons (Fsp3) is 0.292. The lowest BCUT2D eigenvalue weighted by Gasteiger charge is -2.21. The van der Waals surface area contributed by atoms with Crippen molar-refractivity contribution in [2.45, 2.75) is 19.8 Å². The standard InChI is InChI=1S/C24H25N3O4/c1-16-8-9-20(19-6-3-2-5-18(16)19)23(28)26-21-7-4-12-27(30)22(21)24(29)25-15-17-10-13-31-14-11-17/h2-9,12,17H,10-11,13-15H2,1H3,(H2-,25,26,28,29,30)/p+1. The molecular formula is C24H26N3O4+. The minimum absolute atomic E-state index is 0.0145. The van der Waals surface area contributed by atoms with Crippen LogP contribution < -0.4 is 15.4 Å². The Labute approximate surface area is 180 Å². The molecule has 3 N–H and O–H groups in total.